The van der Waals surface area contributed by atoms with Gasteiger partial charge in [0.25, 0.3) is 0 Å². The van der Waals surface area contributed by atoms with Crippen molar-refractivity contribution in [2.75, 3.05) is 19.8 Å². The van der Waals surface area contributed by atoms with Crippen molar-refractivity contribution in [1.82, 2.24) is 10.1 Å². The number of aromatic nitrogens is 2. The minimum Gasteiger partial charge on any atom is -0.379 e. The van der Waals surface area contributed by atoms with E-state index in [1.54, 1.807) is 0 Å². The third-order valence-corrected chi connectivity index (χ3v) is 3.26. The minimum absolute atomic E-state index is 0.193. The van der Waals surface area contributed by atoms with E-state index in [0.717, 1.165) is 19.4 Å². The highest BCUT2D eigenvalue weighted by Gasteiger charge is 2.28. The molecule has 6 heteroatoms. The average molecular weight is 269 g/mol. The monoisotopic (exact) mass is 269 g/mol. The fourth-order valence-corrected chi connectivity index (χ4v) is 2.11. The van der Waals surface area contributed by atoms with E-state index in [1.807, 2.05) is 13.8 Å². The first-order chi connectivity index (χ1) is 9.12. The van der Waals surface area contributed by atoms with Gasteiger partial charge in [0, 0.05) is 13.2 Å². The molecule has 108 valence electrons. The van der Waals surface area contributed by atoms with E-state index in [2.05, 4.69) is 10.1 Å². The van der Waals surface area contributed by atoms with Crippen molar-refractivity contribution in [3.05, 3.63) is 11.7 Å². The predicted molar refractivity (Wildman–Crippen MR) is 69.6 cm³/mol. The van der Waals surface area contributed by atoms with Crippen molar-refractivity contribution in [3.8, 4) is 0 Å². The highest BCUT2D eigenvalue weighted by atomic mass is 16.5. The zero-order valence-electron chi connectivity index (χ0n) is 11.7. The average Bonchev–Trinajstić information content (AvgIpc) is 2.87. The van der Waals surface area contributed by atoms with Gasteiger partial charge in [-0.25, -0.2) is 0 Å². The van der Waals surface area contributed by atoms with Crippen LogP contribution in [0, 0.1) is 0 Å². The van der Waals surface area contributed by atoms with Crippen LogP contribution in [0.25, 0.3) is 0 Å². The molecule has 2 atom stereocenters. The lowest BCUT2D eigenvalue weighted by atomic mass is 10.0. The van der Waals surface area contributed by atoms with Gasteiger partial charge in [-0.15, -0.1) is 0 Å². The molecule has 1 saturated heterocycles. The van der Waals surface area contributed by atoms with Crippen LogP contribution in [-0.2, 0) is 21.4 Å². The number of nitrogens with two attached hydrogens (primary N) is 1. The van der Waals surface area contributed by atoms with Gasteiger partial charge in [-0.1, -0.05) is 5.16 Å². The number of hydrogen-bond acceptors (Lipinski definition) is 6. The summed E-state index contributed by atoms with van der Waals surface area (Å²) in [6, 6.07) is 0. The molecule has 0 saturated carbocycles. The Bertz CT molecular complexity index is 386. The maximum absolute atomic E-state index is 6.13. The van der Waals surface area contributed by atoms with Crippen LogP contribution in [0.3, 0.4) is 0 Å². The summed E-state index contributed by atoms with van der Waals surface area (Å²) in [5, 5.41) is 3.96. The Morgan fingerprint density at radius 1 is 1.47 bits per heavy atom. The molecule has 2 rings (SSSR count). The fourth-order valence-electron chi connectivity index (χ4n) is 2.11. The topological polar surface area (TPSA) is 83.4 Å². The summed E-state index contributed by atoms with van der Waals surface area (Å²) in [5.41, 5.74) is 5.41. The number of hydrogen-bond donors (Lipinski definition) is 1. The SMILES string of the molecule is CCOCC(C)(N)c1noc(CC2CCCCO2)n1. The Hall–Kier alpha value is -0.980. The third kappa shape index (κ3) is 3.99. The van der Waals surface area contributed by atoms with Crippen LogP contribution in [0.5, 0.6) is 0 Å². The van der Waals surface area contributed by atoms with Crippen molar-refractivity contribution >= 4 is 0 Å². The maximum Gasteiger partial charge on any atom is 0.229 e. The smallest absolute Gasteiger partial charge is 0.229 e. The number of ether oxygens (including phenoxy) is 2. The summed E-state index contributed by atoms with van der Waals surface area (Å²) >= 11 is 0. The van der Waals surface area contributed by atoms with Crippen LogP contribution in [0.2, 0.25) is 0 Å². The molecule has 1 aromatic heterocycles. The molecule has 1 fully saturated rings. The second kappa shape index (κ2) is 6.45. The van der Waals surface area contributed by atoms with Crippen LogP contribution in [0.4, 0.5) is 0 Å². The molecule has 0 amide bonds. The summed E-state index contributed by atoms with van der Waals surface area (Å²) in [6.07, 6.45) is 4.25. The highest BCUT2D eigenvalue weighted by Crippen LogP contribution is 2.19. The Labute approximate surface area is 113 Å². The zero-order chi connectivity index (χ0) is 13.7. The minimum atomic E-state index is -0.717. The van der Waals surface area contributed by atoms with Gasteiger partial charge >= 0.3 is 0 Å². The van der Waals surface area contributed by atoms with Crippen LogP contribution < -0.4 is 5.73 Å². The van der Waals surface area contributed by atoms with Crippen molar-refractivity contribution in [3.63, 3.8) is 0 Å². The van der Waals surface area contributed by atoms with E-state index < -0.39 is 5.54 Å². The summed E-state index contributed by atoms with van der Waals surface area (Å²) in [5.74, 6) is 1.09. The normalized spacial score (nSPS) is 23.2. The third-order valence-electron chi connectivity index (χ3n) is 3.26. The van der Waals surface area contributed by atoms with Crippen molar-refractivity contribution < 1.29 is 14.0 Å². The van der Waals surface area contributed by atoms with Gasteiger partial charge in [0.1, 0.15) is 5.54 Å². The maximum atomic E-state index is 6.13. The molecule has 0 aromatic carbocycles. The van der Waals surface area contributed by atoms with Gasteiger partial charge in [-0.3, -0.25) is 0 Å². The Morgan fingerprint density at radius 3 is 3.00 bits per heavy atom. The molecular formula is C13H23N3O3. The summed E-state index contributed by atoms with van der Waals surface area (Å²) in [7, 11) is 0. The standard InChI is InChI=1S/C13H23N3O3/c1-3-17-9-13(2,14)12-15-11(19-16-12)8-10-6-4-5-7-18-10/h10H,3-9,14H2,1-2H3. The van der Waals surface area contributed by atoms with E-state index in [1.165, 1.54) is 6.42 Å². The number of rotatable bonds is 6. The Kier molecular flexibility index (Phi) is 4.90. The van der Waals surface area contributed by atoms with E-state index in [0.29, 0.717) is 31.3 Å². The van der Waals surface area contributed by atoms with Gasteiger partial charge in [-0.05, 0) is 33.1 Å². The summed E-state index contributed by atoms with van der Waals surface area (Å²) in [4.78, 5) is 4.37. The zero-order valence-corrected chi connectivity index (χ0v) is 11.7. The fraction of sp³-hybridized carbons (Fsp3) is 0.846. The summed E-state index contributed by atoms with van der Waals surface area (Å²) in [6.45, 7) is 5.59. The van der Waals surface area contributed by atoms with Crippen molar-refractivity contribution in [1.29, 1.82) is 0 Å². The van der Waals surface area contributed by atoms with Crippen molar-refractivity contribution in [2.45, 2.75) is 51.2 Å². The second-order valence-corrected chi connectivity index (χ2v) is 5.26. The first-order valence-corrected chi connectivity index (χ1v) is 6.93. The molecule has 2 heterocycles. The van der Waals surface area contributed by atoms with E-state index in [9.17, 15) is 0 Å². The molecule has 2 unspecified atom stereocenters. The van der Waals surface area contributed by atoms with Gasteiger partial charge in [-0.2, -0.15) is 4.98 Å². The van der Waals surface area contributed by atoms with E-state index >= 15 is 0 Å². The number of nitrogens with zero attached hydrogens (tertiary/aromatic N) is 2. The lowest BCUT2D eigenvalue weighted by Crippen LogP contribution is -2.39. The predicted octanol–water partition coefficient (Wildman–Crippen LogP) is 1.39. The first kappa shape index (κ1) is 14.4. The van der Waals surface area contributed by atoms with Gasteiger partial charge in [0.2, 0.25) is 5.89 Å². The van der Waals surface area contributed by atoms with Crippen molar-refractivity contribution in [2.24, 2.45) is 5.73 Å². The van der Waals surface area contributed by atoms with Gasteiger partial charge in [0.15, 0.2) is 5.82 Å². The molecule has 19 heavy (non-hydrogen) atoms. The molecule has 0 aliphatic carbocycles. The molecule has 6 nitrogen and oxygen atoms in total. The quantitative estimate of drug-likeness (QED) is 0.840. The highest BCUT2D eigenvalue weighted by molar-refractivity contribution is 5.02. The lowest BCUT2D eigenvalue weighted by molar-refractivity contribution is 0.0124. The Morgan fingerprint density at radius 2 is 2.32 bits per heavy atom. The molecule has 2 N–H and O–H groups in total. The molecule has 1 aliphatic heterocycles. The molecule has 0 radical (unpaired) electrons. The summed E-state index contributed by atoms with van der Waals surface area (Å²) < 4.78 is 16.3. The van der Waals surface area contributed by atoms with Crippen LogP contribution in [0.15, 0.2) is 4.52 Å². The van der Waals surface area contributed by atoms with Gasteiger partial charge < -0.3 is 19.7 Å². The molecule has 1 aliphatic rings. The molecular weight excluding hydrogens is 246 g/mol. The molecule has 0 spiro atoms. The van der Waals surface area contributed by atoms with E-state index in [-0.39, 0.29) is 6.10 Å². The lowest BCUT2D eigenvalue weighted by Gasteiger charge is -2.21. The van der Waals surface area contributed by atoms with Crippen LogP contribution in [-0.4, -0.2) is 36.1 Å². The van der Waals surface area contributed by atoms with Gasteiger partial charge in [0.05, 0.1) is 19.1 Å². The van der Waals surface area contributed by atoms with E-state index in [4.69, 9.17) is 19.7 Å². The molecule has 0 bridgehead atoms. The van der Waals surface area contributed by atoms with Crippen LogP contribution in [0.1, 0.15) is 44.8 Å². The van der Waals surface area contributed by atoms with Crippen LogP contribution >= 0.6 is 0 Å². The Balaban J connectivity index is 1.93. The first-order valence-electron chi connectivity index (χ1n) is 6.93. The largest absolute Gasteiger partial charge is 0.379 e. The molecule has 1 aromatic rings. The second-order valence-electron chi connectivity index (χ2n) is 5.26.